The van der Waals surface area contributed by atoms with Crippen molar-refractivity contribution in [2.75, 3.05) is 25.6 Å². The average molecular weight is 364 g/mol. The van der Waals surface area contributed by atoms with Gasteiger partial charge in [0.05, 0.1) is 12.6 Å². The Morgan fingerprint density at radius 1 is 1.38 bits per heavy atom. The fourth-order valence-electron chi connectivity index (χ4n) is 2.39. The van der Waals surface area contributed by atoms with Crippen molar-refractivity contribution in [3.8, 4) is 0 Å². The van der Waals surface area contributed by atoms with Crippen molar-refractivity contribution in [3.63, 3.8) is 0 Å². The Bertz CT molecular complexity index is 681. The van der Waals surface area contributed by atoms with E-state index >= 15 is 0 Å². The third-order valence-corrected chi connectivity index (χ3v) is 4.69. The van der Waals surface area contributed by atoms with Gasteiger partial charge in [-0.3, -0.25) is 4.98 Å². The van der Waals surface area contributed by atoms with Gasteiger partial charge < -0.3 is 15.0 Å². The van der Waals surface area contributed by atoms with Crippen LogP contribution in [0.3, 0.4) is 0 Å². The minimum Gasteiger partial charge on any atom is -0.383 e. The van der Waals surface area contributed by atoms with E-state index in [1.54, 1.807) is 13.3 Å². The zero-order valence-electron chi connectivity index (χ0n) is 14.1. The number of rotatable bonds is 6. The standard InChI is InChI=1S/C18H22ClN3OS/c1-13-16(19)7-4-8-17(13)21-18(24)22(10-11-23-3)14(2)15-6-5-9-20-12-15/h4-9,12,14H,10-11H2,1-3H3,(H,21,24)/t14-/m0/s1. The summed E-state index contributed by atoms with van der Waals surface area (Å²) < 4.78 is 5.24. The molecule has 128 valence electrons. The van der Waals surface area contributed by atoms with E-state index in [-0.39, 0.29) is 6.04 Å². The summed E-state index contributed by atoms with van der Waals surface area (Å²) in [4.78, 5) is 6.29. The molecule has 0 saturated heterocycles. The molecule has 0 fully saturated rings. The van der Waals surface area contributed by atoms with Crippen LogP contribution in [0.25, 0.3) is 0 Å². The number of hydrogen-bond donors (Lipinski definition) is 1. The number of halogens is 1. The van der Waals surface area contributed by atoms with Crippen molar-refractivity contribution in [1.29, 1.82) is 0 Å². The number of nitrogens with one attached hydrogen (secondary N) is 1. The summed E-state index contributed by atoms with van der Waals surface area (Å²) in [7, 11) is 1.69. The number of aromatic nitrogens is 1. The highest BCUT2D eigenvalue weighted by atomic mass is 35.5. The highest BCUT2D eigenvalue weighted by molar-refractivity contribution is 7.80. The summed E-state index contributed by atoms with van der Waals surface area (Å²) >= 11 is 11.8. The molecule has 0 aliphatic carbocycles. The molecule has 0 aliphatic heterocycles. The molecular weight excluding hydrogens is 342 g/mol. The van der Waals surface area contributed by atoms with Crippen molar-refractivity contribution >= 4 is 34.6 Å². The minimum absolute atomic E-state index is 0.0772. The second kappa shape index (κ2) is 8.97. The lowest BCUT2D eigenvalue weighted by Crippen LogP contribution is -2.39. The number of hydrogen-bond acceptors (Lipinski definition) is 3. The quantitative estimate of drug-likeness (QED) is 0.767. The van der Waals surface area contributed by atoms with Gasteiger partial charge in [-0.15, -0.1) is 0 Å². The highest BCUT2D eigenvalue weighted by Gasteiger charge is 2.19. The molecule has 24 heavy (non-hydrogen) atoms. The first-order valence-electron chi connectivity index (χ1n) is 7.76. The first-order chi connectivity index (χ1) is 11.5. The molecule has 2 rings (SSSR count). The van der Waals surface area contributed by atoms with Gasteiger partial charge in [0.15, 0.2) is 5.11 Å². The van der Waals surface area contributed by atoms with Gasteiger partial charge in [-0.05, 0) is 55.4 Å². The van der Waals surface area contributed by atoms with Crippen molar-refractivity contribution in [1.82, 2.24) is 9.88 Å². The smallest absolute Gasteiger partial charge is 0.174 e. The van der Waals surface area contributed by atoms with Crippen LogP contribution in [0.15, 0.2) is 42.7 Å². The van der Waals surface area contributed by atoms with E-state index in [2.05, 4.69) is 22.1 Å². The Balaban J connectivity index is 2.20. The second-order valence-corrected chi connectivity index (χ2v) is 6.28. The number of thiocarbonyl (C=S) groups is 1. The highest BCUT2D eigenvalue weighted by Crippen LogP contribution is 2.25. The van der Waals surface area contributed by atoms with Crippen LogP contribution in [0.4, 0.5) is 5.69 Å². The Morgan fingerprint density at radius 2 is 2.17 bits per heavy atom. The fraction of sp³-hybridized carbons (Fsp3) is 0.333. The second-order valence-electron chi connectivity index (χ2n) is 5.49. The van der Waals surface area contributed by atoms with Gasteiger partial charge in [0, 0.05) is 36.8 Å². The predicted octanol–water partition coefficient (Wildman–Crippen LogP) is 4.45. The van der Waals surface area contributed by atoms with E-state index < -0.39 is 0 Å². The molecule has 0 saturated carbocycles. The number of benzene rings is 1. The van der Waals surface area contributed by atoms with E-state index in [0.717, 1.165) is 16.8 Å². The Morgan fingerprint density at radius 3 is 2.83 bits per heavy atom. The third-order valence-electron chi connectivity index (χ3n) is 3.94. The van der Waals surface area contributed by atoms with Crippen LogP contribution >= 0.6 is 23.8 Å². The summed E-state index contributed by atoms with van der Waals surface area (Å²) in [5.74, 6) is 0. The molecule has 0 unspecified atom stereocenters. The third kappa shape index (κ3) is 4.66. The molecule has 0 aliphatic rings. The number of methoxy groups -OCH3 is 1. The molecule has 0 spiro atoms. The van der Waals surface area contributed by atoms with Gasteiger partial charge >= 0.3 is 0 Å². The molecule has 6 heteroatoms. The number of nitrogens with zero attached hydrogens (tertiary/aromatic N) is 2. The zero-order valence-corrected chi connectivity index (χ0v) is 15.7. The van der Waals surface area contributed by atoms with E-state index in [4.69, 9.17) is 28.6 Å². The van der Waals surface area contributed by atoms with Crippen LogP contribution < -0.4 is 5.32 Å². The molecule has 1 N–H and O–H groups in total. The molecule has 2 aromatic rings. The van der Waals surface area contributed by atoms with Crippen LogP contribution in [0.2, 0.25) is 5.02 Å². The Kier molecular flexibility index (Phi) is 6.97. The van der Waals surface area contributed by atoms with E-state index in [0.29, 0.717) is 23.3 Å². The first-order valence-corrected chi connectivity index (χ1v) is 8.54. The molecule has 1 heterocycles. The lowest BCUT2D eigenvalue weighted by molar-refractivity contribution is 0.165. The molecule has 4 nitrogen and oxygen atoms in total. The summed E-state index contributed by atoms with van der Waals surface area (Å²) in [5, 5.41) is 4.66. The monoisotopic (exact) mass is 363 g/mol. The topological polar surface area (TPSA) is 37.4 Å². The molecule has 1 aromatic heterocycles. The van der Waals surface area contributed by atoms with Crippen LogP contribution in [0, 0.1) is 6.92 Å². The van der Waals surface area contributed by atoms with E-state index in [9.17, 15) is 0 Å². The maximum Gasteiger partial charge on any atom is 0.174 e. The zero-order chi connectivity index (χ0) is 17.5. The van der Waals surface area contributed by atoms with Gasteiger partial charge in [-0.2, -0.15) is 0 Å². The lowest BCUT2D eigenvalue weighted by Gasteiger charge is -2.32. The molecule has 1 atom stereocenters. The molecule has 1 aromatic carbocycles. The maximum absolute atomic E-state index is 6.19. The van der Waals surface area contributed by atoms with Crippen molar-refractivity contribution in [2.24, 2.45) is 0 Å². The van der Waals surface area contributed by atoms with Crippen LogP contribution in [0.5, 0.6) is 0 Å². The maximum atomic E-state index is 6.19. The van der Waals surface area contributed by atoms with Gasteiger partial charge in [0.1, 0.15) is 0 Å². The normalized spacial score (nSPS) is 11.8. The van der Waals surface area contributed by atoms with Crippen LogP contribution in [0.1, 0.15) is 24.1 Å². The summed E-state index contributed by atoms with van der Waals surface area (Å²) in [6.45, 7) is 5.34. The van der Waals surface area contributed by atoms with Crippen molar-refractivity contribution in [2.45, 2.75) is 19.9 Å². The first kappa shape index (κ1) is 18.6. The Hall–Kier alpha value is -1.69. The molecule has 0 bridgehead atoms. The van der Waals surface area contributed by atoms with Gasteiger partial charge in [-0.1, -0.05) is 23.7 Å². The number of ether oxygens (including phenoxy) is 1. The summed E-state index contributed by atoms with van der Waals surface area (Å²) in [5.41, 5.74) is 2.98. The predicted molar refractivity (Wildman–Crippen MR) is 104 cm³/mol. The lowest BCUT2D eigenvalue weighted by atomic mass is 10.1. The fourth-order valence-corrected chi connectivity index (χ4v) is 2.93. The van der Waals surface area contributed by atoms with Crippen LogP contribution in [-0.4, -0.2) is 35.3 Å². The summed E-state index contributed by atoms with van der Waals surface area (Å²) in [6, 6.07) is 9.80. The van der Waals surface area contributed by atoms with Crippen molar-refractivity contribution in [3.05, 3.63) is 58.9 Å². The van der Waals surface area contributed by atoms with E-state index in [1.165, 1.54) is 0 Å². The minimum atomic E-state index is 0.0772. The largest absolute Gasteiger partial charge is 0.383 e. The molecular formula is C18H22ClN3OS. The van der Waals surface area contributed by atoms with Crippen molar-refractivity contribution < 1.29 is 4.74 Å². The molecule has 0 amide bonds. The van der Waals surface area contributed by atoms with Gasteiger partial charge in [-0.25, -0.2) is 0 Å². The van der Waals surface area contributed by atoms with Gasteiger partial charge in [0.25, 0.3) is 0 Å². The number of pyridine rings is 1. The number of anilines is 1. The average Bonchev–Trinajstić information content (AvgIpc) is 2.60. The Labute approximate surface area is 153 Å². The SMILES string of the molecule is COCCN(C(=S)Nc1cccc(Cl)c1C)[C@@H](C)c1cccnc1. The molecule has 0 radical (unpaired) electrons. The van der Waals surface area contributed by atoms with Crippen LogP contribution in [-0.2, 0) is 4.74 Å². The summed E-state index contributed by atoms with van der Waals surface area (Å²) in [6.07, 6.45) is 3.62. The van der Waals surface area contributed by atoms with E-state index in [1.807, 2.05) is 43.5 Å². The van der Waals surface area contributed by atoms with Gasteiger partial charge in [0.2, 0.25) is 0 Å².